The van der Waals surface area contributed by atoms with Crippen LogP contribution in [0.25, 0.3) is 49.4 Å². The molecule has 0 aliphatic carbocycles. The van der Waals surface area contributed by atoms with Crippen molar-refractivity contribution in [1.29, 1.82) is 0 Å². The molecule has 0 aliphatic heterocycles. The highest BCUT2D eigenvalue weighted by Crippen LogP contribution is 2.38. The molecular formula is C24H14ClNO. The molecule has 0 radical (unpaired) electrons. The van der Waals surface area contributed by atoms with E-state index in [1.54, 1.807) is 0 Å². The van der Waals surface area contributed by atoms with Crippen LogP contribution in [0.3, 0.4) is 0 Å². The number of hydrogen-bond acceptors (Lipinski definition) is 1. The molecule has 2 nitrogen and oxygen atoms in total. The van der Waals surface area contributed by atoms with Gasteiger partial charge in [0.05, 0.1) is 11.0 Å². The molecule has 6 aromatic rings. The van der Waals surface area contributed by atoms with Gasteiger partial charge in [-0.1, -0.05) is 48.0 Å². The van der Waals surface area contributed by atoms with Gasteiger partial charge >= 0.3 is 0 Å². The summed E-state index contributed by atoms with van der Waals surface area (Å²) in [5.74, 6) is 0. The summed E-state index contributed by atoms with van der Waals surface area (Å²) in [6.45, 7) is 0. The van der Waals surface area contributed by atoms with Crippen LogP contribution < -0.4 is 0 Å². The van der Waals surface area contributed by atoms with E-state index in [9.17, 15) is 0 Å². The van der Waals surface area contributed by atoms with Crippen molar-refractivity contribution in [3.63, 3.8) is 0 Å². The first kappa shape index (κ1) is 14.9. The second-order valence-electron chi connectivity index (χ2n) is 6.80. The fourth-order valence-electron chi connectivity index (χ4n) is 4.06. The summed E-state index contributed by atoms with van der Waals surface area (Å²) in [6.07, 6.45) is 0. The SMILES string of the molecule is Clc1ccc2c(c1)c1cc3oc4ccccc4c3cc1n2-c1ccccc1. The van der Waals surface area contributed by atoms with Crippen LogP contribution >= 0.6 is 11.6 Å². The molecule has 128 valence electrons. The number of furan rings is 1. The minimum absolute atomic E-state index is 0.735. The van der Waals surface area contributed by atoms with Crippen LogP contribution in [0.4, 0.5) is 0 Å². The fourth-order valence-corrected chi connectivity index (χ4v) is 4.24. The van der Waals surface area contributed by atoms with Crippen molar-refractivity contribution in [1.82, 2.24) is 4.57 Å². The van der Waals surface area contributed by atoms with Crippen molar-refractivity contribution in [3.05, 3.63) is 90.0 Å². The first-order chi connectivity index (χ1) is 13.3. The van der Waals surface area contributed by atoms with Crippen molar-refractivity contribution >= 4 is 55.3 Å². The summed E-state index contributed by atoms with van der Waals surface area (Å²) in [4.78, 5) is 0. The number of benzene rings is 4. The number of rotatable bonds is 1. The highest BCUT2D eigenvalue weighted by Gasteiger charge is 2.16. The van der Waals surface area contributed by atoms with Crippen LogP contribution in [-0.2, 0) is 0 Å². The number of para-hydroxylation sites is 2. The summed E-state index contributed by atoms with van der Waals surface area (Å²) in [7, 11) is 0. The lowest BCUT2D eigenvalue weighted by Crippen LogP contribution is -1.92. The summed E-state index contributed by atoms with van der Waals surface area (Å²) in [5, 5.41) is 5.27. The van der Waals surface area contributed by atoms with E-state index in [1.807, 2.05) is 36.4 Å². The number of nitrogens with zero attached hydrogens (tertiary/aromatic N) is 1. The molecule has 4 aromatic carbocycles. The maximum Gasteiger partial charge on any atom is 0.136 e. The highest BCUT2D eigenvalue weighted by molar-refractivity contribution is 6.32. The predicted octanol–water partition coefficient (Wildman–Crippen LogP) is 7.34. The Hall–Kier alpha value is -3.23. The molecule has 0 saturated carbocycles. The minimum atomic E-state index is 0.735. The summed E-state index contributed by atoms with van der Waals surface area (Å²) < 4.78 is 8.41. The molecule has 27 heavy (non-hydrogen) atoms. The van der Waals surface area contributed by atoms with Crippen molar-refractivity contribution in [2.24, 2.45) is 0 Å². The Morgan fingerprint density at radius 3 is 2.26 bits per heavy atom. The molecule has 0 aliphatic rings. The summed E-state index contributed by atoms with van der Waals surface area (Å²) >= 11 is 6.32. The average Bonchev–Trinajstić information content (AvgIpc) is 3.22. The molecule has 0 bridgehead atoms. The number of hydrogen-bond donors (Lipinski definition) is 0. The molecule has 6 rings (SSSR count). The highest BCUT2D eigenvalue weighted by atomic mass is 35.5. The Morgan fingerprint density at radius 2 is 1.37 bits per heavy atom. The van der Waals surface area contributed by atoms with E-state index in [0.717, 1.165) is 54.5 Å². The third kappa shape index (κ3) is 2.08. The molecule has 2 aromatic heterocycles. The van der Waals surface area contributed by atoms with Crippen LogP contribution in [0.2, 0.25) is 5.02 Å². The molecule has 0 atom stereocenters. The number of aromatic nitrogens is 1. The van der Waals surface area contributed by atoms with Crippen LogP contribution in [0.5, 0.6) is 0 Å². The van der Waals surface area contributed by atoms with E-state index in [4.69, 9.17) is 16.0 Å². The van der Waals surface area contributed by atoms with Crippen LogP contribution in [-0.4, -0.2) is 4.57 Å². The summed E-state index contributed by atoms with van der Waals surface area (Å²) in [5.41, 5.74) is 5.23. The Labute approximate surface area is 160 Å². The van der Waals surface area contributed by atoms with Gasteiger partial charge in [-0.25, -0.2) is 0 Å². The number of halogens is 1. The second kappa shape index (κ2) is 5.38. The van der Waals surface area contributed by atoms with E-state index in [-0.39, 0.29) is 0 Å². The molecule has 0 fully saturated rings. The van der Waals surface area contributed by atoms with Gasteiger partial charge in [0.25, 0.3) is 0 Å². The number of fused-ring (bicyclic) bond motifs is 6. The third-order valence-electron chi connectivity index (χ3n) is 5.24. The topological polar surface area (TPSA) is 18.1 Å². The lowest BCUT2D eigenvalue weighted by Gasteiger charge is -2.07. The molecular weight excluding hydrogens is 354 g/mol. The Balaban J connectivity index is 1.86. The molecule has 3 heteroatoms. The zero-order valence-electron chi connectivity index (χ0n) is 14.3. The first-order valence-electron chi connectivity index (χ1n) is 8.90. The normalized spacial score (nSPS) is 11.9. The standard InChI is InChI=1S/C24H14ClNO/c25-15-10-11-21-18(12-15)19-14-24-20(17-8-4-5-9-23(17)27-24)13-22(19)26(21)16-6-2-1-3-7-16/h1-14H. The van der Waals surface area contributed by atoms with E-state index in [1.165, 1.54) is 0 Å². The lowest BCUT2D eigenvalue weighted by atomic mass is 10.1. The quantitative estimate of drug-likeness (QED) is 0.297. The Morgan fingerprint density at radius 1 is 0.593 bits per heavy atom. The molecule has 0 spiro atoms. The van der Waals surface area contributed by atoms with Gasteiger partial charge in [-0.15, -0.1) is 0 Å². The van der Waals surface area contributed by atoms with Crippen molar-refractivity contribution < 1.29 is 4.42 Å². The molecule has 2 heterocycles. The van der Waals surface area contributed by atoms with Gasteiger partial charge < -0.3 is 8.98 Å². The molecule has 0 amide bonds. The molecule has 0 saturated heterocycles. The van der Waals surface area contributed by atoms with Gasteiger partial charge in [0, 0.05) is 32.3 Å². The van der Waals surface area contributed by atoms with Gasteiger partial charge in [-0.3, -0.25) is 0 Å². The van der Waals surface area contributed by atoms with E-state index in [2.05, 4.69) is 53.1 Å². The van der Waals surface area contributed by atoms with Gasteiger partial charge in [-0.05, 0) is 48.5 Å². The van der Waals surface area contributed by atoms with Gasteiger partial charge in [0.2, 0.25) is 0 Å². The minimum Gasteiger partial charge on any atom is -0.456 e. The smallest absolute Gasteiger partial charge is 0.136 e. The van der Waals surface area contributed by atoms with Crippen LogP contribution in [0, 0.1) is 0 Å². The largest absolute Gasteiger partial charge is 0.456 e. The maximum absolute atomic E-state index is 6.32. The molecule has 0 unspecified atom stereocenters. The zero-order chi connectivity index (χ0) is 18.0. The summed E-state index contributed by atoms with van der Waals surface area (Å²) in [6, 6.07) is 29.0. The molecule has 0 N–H and O–H groups in total. The van der Waals surface area contributed by atoms with E-state index < -0.39 is 0 Å². The van der Waals surface area contributed by atoms with Gasteiger partial charge in [-0.2, -0.15) is 0 Å². The van der Waals surface area contributed by atoms with Crippen molar-refractivity contribution in [2.75, 3.05) is 0 Å². The van der Waals surface area contributed by atoms with E-state index >= 15 is 0 Å². The predicted molar refractivity (Wildman–Crippen MR) is 113 cm³/mol. The Bertz CT molecular complexity index is 1470. The van der Waals surface area contributed by atoms with Gasteiger partial charge in [0.1, 0.15) is 11.2 Å². The second-order valence-corrected chi connectivity index (χ2v) is 7.23. The van der Waals surface area contributed by atoms with E-state index in [0.29, 0.717) is 0 Å². The van der Waals surface area contributed by atoms with Crippen molar-refractivity contribution in [3.8, 4) is 5.69 Å². The lowest BCUT2D eigenvalue weighted by molar-refractivity contribution is 0.669. The Kier molecular flexibility index (Phi) is 2.97. The van der Waals surface area contributed by atoms with Crippen LogP contribution in [0.1, 0.15) is 0 Å². The first-order valence-corrected chi connectivity index (χ1v) is 9.28. The fraction of sp³-hybridized carbons (Fsp3) is 0. The third-order valence-corrected chi connectivity index (χ3v) is 5.48. The van der Waals surface area contributed by atoms with Crippen LogP contribution in [0.15, 0.2) is 89.3 Å². The van der Waals surface area contributed by atoms with Gasteiger partial charge in [0.15, 0.2) is 0 Å². The van der Waals surface area contributed by atoms with Crippen molar-refractivity contribution in [2.45, 2.75) is 0 Å². The monoisotopic (exact) mass is 367 g/mol. The average molecular weight is 368 g/mol. The zero-order valence-corrected chi connectivity index (χ0v) is 15.1. The maximum atomic E-state index is 6.32.